The Morgan fingerprint density at radius 3 is 2.18 bits per heavy atom. The monoisotopic (exact) mass is 398 g/mol. The fourth-order valence-electron chi connectivity index (χ4n) is 3.55. The molecule has 0 aliphatic carbocycles. The lowest BCUT2D eigenvalue weighted by atomic mass is 9.96. The van der Waals surface area contributed by atoms with Gasteiger partial charge < -0.3 is 19.9 Å². The number of likely N-dealkylation sites (N-methyl/N-ethyl adjacent to an activating group) is 1. The van der Waals surface area contributed by atoms with Gasteiger partial charge in [-0.05, 0) is 65.7 Å². The number of nitrogens with one attached hydrogen (secondary N) is 1. The van der Waals surface area contributed by atoms with E-state index in [4.69, 9.17) is 4.74 Å². The highest BCUT2D eigenvalue weighted by molar-refractivity contribution is 5.72. The Bertz CT molecular complexity index is 443. The average Bonchev–Trinajstić information content (AvgIpc) is 2.51. The lowest BCUT2D eigenvalue weighted by molar-refractivity contribution is -0.156. The van der Waals surface area contributed by atoms with E-state index in [9.17, 15) is 4.79 Å². The van der Waals surface area contributed by atoms with Crippen molar-refractivity contribution < 1.29 is 9.53 Å². The van der Waals surface area contributed by atoms with Crippen molar-refractivity contribution in [2.75, 3.05) is 72.5 Å². The Balaban J connectivity index is 2.54. The molecule has 1 heterocycles. The van der Waals surface area contributed by atoms with Crippen molar-refractivity contribution in [3.05, 3.63) is 0 Å². The first-order valence-corrected chi connectivity index (χ1v) is 11.0. The number of hydrogen-bond acceptors (Lipinski definition) is 6. The van der Waals surface area contributed by atoms with E-state index in [2.05, 4.69) is 47.8 Å². The smallest absolute Gasteiger partial charge is 0.320 e. The van der Waals surface area contributed by atoms with Crippen LogP contribution in [0.1, 0.15) is 54.4 Å². The topological polar surface area (TPSA) is 48.1 Å². The summed E-state index contributed by atoms with van der Waals surface area (Å²) in [5, 5.41) is 3.55. The molecule has 0 amide bonds. The molecule has 1 fully saturated rings. The zero-order valence-corrected chi connectivity index (χ0v) is 19.6. The first-order valence-electron chi connectivity index (χ1n) is 11.0. The molecule has 6 heteroatoms. The van der Waals surface area contributed by atoms with Crippen molar-refractivity contribution in [1.29, 1.82) is 0 Å². The maximum atomic E-state index is 12.2. The lowest BCUT2D eigenvalue weighted by Gasteiger charge is -2.32. The van der Waals surface area contributed by atoms with Gasteiger partial charge >= 0.3 is 5.97 Å². The molecule has 0 aromatic carbocycles. The maximum absolute atomic E-state index is 12.2. The lowest BCUT2D eigenvalue weighted by Crippen LogP contribution is -2.42. The summed E-state index contributed by atoms with van der Waals surface area (Å²) in [6, 6.07) is 0. The number of carbonyl (C=O) groups is 1. The second kappa shape index (κ2) is 12.1. The summed E-state index contributed by atoms with van der Waals surface area (Å²) in [4.78, 5) is 19.5. The Hall–Kier alpha value is -0.690. The van der Waals surface area contributed by atoms with Crippen LogP contribution in [0, 0.1) is 5.41 Å². The Morgan fingerprint density at radius 2 is 1.54 bits per heavy atom. The van der Waals surface area contributed by atoms with Crippen molar-refractivity contribution in [2.24, 2.45) is 5.41 Å². The predicted molar refractivity (Wildman–Crippen MR) is 118 cm³/mol. The van der Waals surface area contributed by atoms with Crippen LogP contribution in [0.3, 0.4) is 0 Å². The van der Waals surface area contributed by atoms with Crippen LogP contribution in [0.4, 0.5) is 0 Å². The number of rotatable bonds is 3. The Labute approximate surface area is 174 Å². The van der Waals surface area contributed by atoms with Gasteiger partial charge in [0, 0.05) is 39.3 Å². The van der Waals surface area contributed by atoms with E-state index in [0.717, 1.165) is 71.7 Å². The van der Waals surface area contributed by atoms with Gasteiger partial charge in [-0.3, -0.25) is 9.69 Å². The van der Waals surface area contributed by atoms with Crippen LogP contribution in [-0.2, 0) is 9.53 Å². The van der Waals surface area contributed by atoms with E-state index in [-0.39, 0.29) is 5.97 Å². The highest BCUT2D eigenvalue weighted by Gasteiger charge is 2.20. The first-order chi connectivity index (χ1) is 12.9. The minimum atomic E-state index is -0.419. The van der Waals surface area contributed by atoms with Crippen molar-refractivity contribution in [1.82, 2.24) is 20.0 Å². The van der Waals surface area contributed by atoms with E-state index in [1.54, 1.807) is 0 Å². The normalized spacial score (nSPS) is 21.2. The van der Waals surface area contributed by atoms with Crippen LogP contribution in [-0.4, -0.2) is 98.8 Å². The fourth-order valence-corrected chi connectivity index (χ4v) is 3.55. The quantitative estimate of drug-likeness (QED) is 0.736. The van der Waals surface area contributed by atoms with E-state index in [0.29, 0.717) is 12.0 Å². The average molecular weight is 399 g/mol. The molecule has 1 rings (SSSR count). The zero-order chi connectivity index (χ0) is 21.2. The molecule has 1 saturated heterocycles. The van der Waals surface area contributed by atoms with Crippen LogP contribution in [0.5, 0.6) is 0 Å². The van der Waals surface area contributed by atoms with Gasteiger partial charge in [0.25, 0.3) is 0 Å². The van der Waals surface area contributed by atoms with Crippen LogP contribution in [0.25, 0.3) is 0 Å². The zero-order valence-electron chi connectivity index (χ0n) is 19.6. The van der Waals surface area contributed by atoms with Crippen molar-refractivity contribution >= 4 is 5.97 Å². The predicted octanol–water partition coefficient (Wildman–Crippen LogP) is 2.29. The highest BCUT2D eigenvalue weighted by atomic mass is 16.6. The molecule has 0 unspecified atom stereocenters. The van der Waals surface area contributed by atoms with Crippen LogP contribution in [0.15, 0.2) is 0 Å². The molecule has 1 N–H and O–H groups in total. The van der Waals surface area contributed by atoms with Crippen LogP contribution < -0.4 is 5.32 Å². The molecule has 0 saturated carbocycles. The summed E-state index contributed by atoms with van der Waals surface area (Å²) in [5.74, 6) is -0.125. The third kappa shape index (κ3) is 13.5. The summed E-state index contributed by atoms with van der Waals surface area (Å²) in [6.07, 6.45) is 2.23. The SMILES string of the molecule is CN1CCCN(CC(=O)OC(C)(C)C)CCNCCCN(CC(C)(C)C)CC1. The first kappa shape index (κ1) is 25.3. The molecule has 0 bridgehead atoms. The summed E-state index contributed by atoms with van der Waals surface area (Å²) in [6.45, 7) is 22.4. The number of esters is 1. The Morgan fingerprint density at radius 1 is 0.857 bits per heavy atom. The van der Waals surface area contributed by atoms with E-state index >= 15 is 0 Å². The molecule has 0 atom stereocenters. The van der Waals surface area contributed by atoms with E-state index in [1.807, 2.05) is 20.8 Å². The summed E-state index contributed by atoms with van der Waals surface area (Å²) < 4.78 is 5.51. The third-order valence-electron chi connectivity index (χ3n) is 4.72. The molecule has 1 aliphatic rings. The Kier molecular flexibility index (Phi) is 11.0. The second-order valence-corrected chi connectivity index (χ2v) is 10.5. The molecular weight excluding hydrogens is 352 g/mol. The minimum absolute atomic E-state index is 0.125. The second-order valence-electron chi connectivity index (χ2n) is 10.5. The number of ether oxygens (including phenoxy) is 1. The van der Waals surface area contributed by atoms with Gasteiger partial charge in [-0.15, -0.1) is 0 Å². The molecule has 6 nitrogen and oxygen atoms in total. The van der Waals surface area contributed by atoms with Crippen LogP contribution >= 0.6 is 0 Å². The molecule has 28 heavy (non-hydrogen) atoms. The number of hydrogen-bond donors (Lipinski definition) is 1. The molecule has 0 radical (unpaired) electrons. The fraction of sp³-hybridized carbons (Fsp3) is 0.955. The van der Waals surface area contributed by atoms with Crippen molar-refractivity contribution in [3.8, 4) is 0 Å². The third-order valence-corrected chi connectivity index (χ3v) is 4.72. The highest BCUT2D eigenvalue weighted by Crippen LogP contribution is 2.15. The van der Waals surface area contributed by atoms with Gasteiger partial charge in [-0.25, -0.2) is 0 Å². The van der Waals surface area contributed by atoms with Gasteiger partial charge in [0.15, 0.2) is 0 Å². The van der Waals surface area contributed by atoms with Gasteiger partial charge in [-0.1, -0.05) is 20.8 Å². The summed E-state index contributed by atoms with van der Waals surface area (Å²) >= 11 is 0. The van der Waals surface area contributed by atoms with Gasteiger partial charge in [0.1, 0.15) is 5.60 Å². The molecule has 0 spiro atoms. The summed E-state index contributed by atoms with van der Waals surface area (Å²) in [7, 11) is 2.21. The standard InChI is InChI=1S/C22H46N4O2/c1-21(2,3)19-26-13-8-10-23-11-15-25(14-9-12-24(7)16-17-26)18-20(27)28-22(4,5)6/h23H,8-19H2,1-7H3. The minimum Gasteiger partial charge on any atom is -0.459 e. The maximum Gasteiger partial charge on any atom is 0.320 e. The van der Waals surface area contributed by atoms with Crippen molar-refractivity contribution in [2.45, 2.75) is 60.0 Å². The summed E-state index contributed by atoms with van der Waals surface area (Å²) in [5.41, 5.74) is -0.0866. The van der Waals surface area contributed by atoms with E-state index < -0.39 is 5.60 Å². The molecule has 0 aromatic rings. The van der Waals surface area contributed by atoms with E-state index in [1.165, 1.54) is 0 Å². The number of nitrogens with zero attached hydrogens (tertiary/aromatic N) is 3. The molecule has 0 aromatic heterocycles. The van der Waals surface area contributed by atoms with Gasteiger partial charge in [0.05, 0.1) is 6.54 Å². The largest absolute Gasteiger partial charge is 0.459 e. The number of carbonyl (C=O) groups excluding carboxylic acids is 1. The van der Waals surface area contributed by atoms with Crippen molar-refractivity contribution in [3.63, 3.8) is 0 Å². The molecule has 166 valence electrons. The molecule has 1 aliphatic heterocycles. The van der Waals surface area contributed by atoms with Gasteiger partial charge in [-0.2, -0.15) is 0 Å². The van der Waals surface area contributed by atoms with Crippen LogP contribution in [0.2, 0.25) is 0 Å². The molecular formula is C22H46N4O2. The van der Waals surface area contributed by atoms with Gasteiger partial charge in [0.2, 0.25) is 0 Å².